The Labute approximate surface area is 182 Å². The molecule has 0 aromatic carbocycles. The zero-order chi connectivity index (χ0) is 20.8. The van der Waals surface area contributed by atoms with E-state index in [0.717, 1.165) is 61.7 Å². The van der Waals surface area contributed by atoms with Crippen LogP contribution in [0.25, 0.3) is 11.3 Å². The molecule has 2 saturated heterocycles. The van der Waals surface area contributed by atoms with Crippen molar-refractivity contribution in [3.8, 4) is 17.3 Å². The van der Waals surface area contributed by atoms with Crippen LogP contribution in [0.3, 0.4) is 0 Å². The molecular weight excluding hydrogens is 400 g/mol. The smallest absolute Gasteiger partial charge is 0.126 e. The van der Waals surface area contributed by atoms with Crippen molar-refractivity contribution in [2.45, 2.75) is 37.8 Å². The van der Waals surface area contributed by atoms with Gasteiger partial charge in [-0.25, -0.2) is 9.97 Å². The first kappa shape index (κ1) is 20.9. The standard InChI is InChI=1S/C22H27ClN6O/c23-19-14-27-22(28-16-4-7-25-8-5-16)11-18(19)20-2-1-3-21(29-20)26-13-17-10-15(12-24)6-9-30-17/h1-3,11,14-17,25H,4-10,13H2,(H,26,29)(H,27,28). The van der Waals surface area contributed by atoms with Gasteiger partial charge in [-0.3, -0.25) is 0 Å². The summed E-state index contributed by atoms with van der Waals surface area (Å²) in [7, 11) is 0. The number of aromatic nitrogens is 2. The van der Waals surface area contributed by atoms with Crippen LogP contribution in [0.2, 0.25) is 5.02 Å². The molecule has 2 aliphatic heterocycles. The van der Waals surface area contributed by atoms with Crippen LogP contribution in [0.4, 0.5) is 11.6 Å². The molecule has 0 spiro atoms. The summed E-state index contributed by atoms with van der Waals surface area (Å²) in [4.78, 5) is 9.18. The van der Waals surface area contributed by atoms with Gasteiger partial charge >= 0.3 is 0 Å². The Kier molecular flexibility index (Phi) is 7.00. The summed E-state index contributed by atoms with van der Waals surface area (Å²) in [5.74, 6) is 1.65. The second kappa shape index (κ2) is 10.1. The third-order valence-corrected chi connectivity index (χ3v) is 5.93. The topological polar surface area (TPSA) is 94.9 Å². The third kappa shape index (κ3) is 5.39. The highest BCUT2D eigenvalue weighted by molar-refractivity contribution is 6.33. The van der Waals surface area contributed by atoms with Gasteiger partial charge in [0.25, 0.3) is 0 Å². The number of ether oxygens (including phenoxy) is 1. The number of nitriles is 1. The van der Waals surface area contributed by atoms with Crippen molar-refractivity contribution in [1.29, 1.82) is 5.26 Å². The Bertz CT molecular complexity index is 895. The van der Waals surface area contributed by atoms with Crippen LogP contribution in [0.5, 0.6) is 0 Å². The van der Waals surface area contributed by atoms with Crippen LogP contribution in [0.1, 0.15) is 25.7 Å². The molecule has 2 fully saturated rings. The molecular formula is C22H27ClN6O. The van der Waals surface area contributed by atoms with E-state index in [-0.39, 0.29) is 12.0 Å². The molecule has 4 heterocycles. The number of hydrogen-bond acceptors (Lipinski definition) is 7. The van der Waals surface area contributed by atoms with Gasteiger partial charge in [-0.05, 0) is 57.0 Å². The Morgan fingerprint density at radius 1 is 1.23 bits per heavy atom. The maximum atomic E-state index is 9.14. The highest BCUT2D eigenvalue weighted by Crippen LogP contribution is 2.29. The first-order chi connectivity index (χ1) is 14.7. The molecule has 0 radical (unpaired) electrons. The van der Waals surface area contributed by atoms with Crippen LogP contribution in [-0.2, 0) is 4.74 Å². The molecule has 158 valence electrons. The van der Waals surface area contributed by atoms with Gasteiger partial charge in [0.15, 0.2) is 0 Å². The second-order valence-electron chi connectivity index (χ2n) is 7.85. The van der Waals surface area contributed by atoms with Crippen LogP contribution < -0.4 is 16.0 Å². The summed E-state index contributed by atoms with van der Waals surface area (Å²) < 4.78 is 5.77. The maximum absolute atomic E-state index is 9.14. The Morgan fingerprint density at radius 2 is 2.10 bits per heavy atom. The SMILES string of the molecule is N#CC1CCOC(CNc2cccc(-c3cc(NC4CCNCC4)ncc3Cl)n2)C1. The highest BCUT2D eigenvalue weighted by Gasteiger charge is 2.22. The minimum atomic E-state index is 0.0270. The van der Waals surface area contributed by atoms with Gasteiger partial charge in [-0.15, -0.1) is 0 Å². The van der Waals surface area contributed by atoms with Crippen LogP contribution in [-0.4, -0.2) is 48.4 Å². The van der Waals surface area contributed by atoms with Crippen molar-refractivity contribution in [2.24, 2.45) is 5.92 Å². The predicted octanol–water partition coefficient (Wildman–Crippen LogP) is 3.69. The van der Waals surface area contributed by atoms with E-state index in [9.17, 15) is 0 Å². The summed E-state index contributed by atoms with van der Waals surface area (Å²) >= 11 is 6.45. The third-order valence-electron chi connectivity index (χ3n) is 5.63. The highest BCUT2D eigenvalue weighted by atomic mass is 35.5. The van der Waals surface area contributed by atoms with Gasteiger partial charge < -0.3 is 20.7 Å². The van der Waals surface area contributed by atoms with E-state index in [0.29, 0.717) is 24.2 Å². The Hall–Kier alpha value is -2.40. The molecule has 0 bridgehead atoms. The zero-order valence-electron chi connectivity index (χ0n) is 16.9. The predicted molar refractivity (Wildman–Crippen MR) is 119 cm³/mol. The first-order valence-corrected chi connectivity index (χ1v) is 10.9. The lowest BCUT2D eigenvalue weighted by atomic mass is 9.97. The van der Waals surface area contributed by atoms with Crippen molar-refractivity contribution in [3.05, 3.63) is 35.5 Å². The average Bonchev–Trinajstić information content (AvgIpc) is 2.80. The molecule has 3 N–H and O–H groups in total. The van der Waals surface area contributed by atoms with Crippen LogP contribution in [0, 0.1) is 17.2 Å². The number of hydrogen-bond donors (Lipinski definition) is 3. The molecule has 2 aromatic rings. The average molecular weight is 427 g/mol. The number of rotatable bonds is 6. The normalized spacial score (nSPS) is 22.3. The maximum Gasteiger partial charge on any atom is 0.126 e. The number of anilines is 2. The molecule has 2 aromatic heterocycles. The molecule has 0 saturated carbocycles. The van der Waals surface area contributed by atoms with Gasteiger partial charge in [0.2, 0.25) is 0 Å². The van der Waals surface area contributed by atoms with Gasteiger partial charge in [-0.2, -0.15) is 5.26 Å². The van der Waals surface area contributed by atoms with E-state index >= 15 is 0 Å². The number of nitrogens with zero attached hydrogens (tertiary/aromatic N) is 3. The number of piperidine rings is 1. The van der Waals surface area contributed by atoms with E-state index < -0.39 is 0 Å². The fourth-order valence-corrected chi connectivity index (χ4v) is 4.13. The Morgan fingerprint density at radius 3 is 2.93 bits per heavy atom. The fraction of sp³-hybridized carbons (Fsp3) is 0.500. The molecule has 2 unspecified atom stereocenters. The zero-order valence-corrected chi connectivity index (χ0v) is 17.7. The molecule has 0 aliphatic carbocycles. The number of halogens is 1. The lowest BCUT2D eigenvalue weighted by Crippen LogP contribution is -2.35. The lowest BCUT2D eigenvalue weighted by Gasteiger charge is -2.26. The molecule has 0 amide bonds. The van der Waals surface area contributed by atoms with E-state index in [1.807, 2.05) is 24.3 Å². The molecule has 2 aliphatic rings. The monoisotopic (exact) mass is 426 g/mol. The van der Waals surface area contributed by atoms with Gasteiger partial charge in [0.1, 0.15) is 11.6 Å². The van der Waals surface area contributed by atoms with Gasteiger partial charge in [0.05, 0.1) is 28.8 Å². The van der Waals surface area contributed by atoms with E-state index in [1.54, 1.807) is 6.20 Å². The summed E-state index contributed by atoms with van der Waals surface area (Å²) in [5, 5.41) is 19.9. The van der Waals surface area contributed by atoms with Crippen LogP contribution >= 0.6 is 11.6 Å². The van der Waals surface area contributed by atoms with Crippen molar-refractivity contribution in [1.82, 2.24) is 15.3 Å². The molecule has 2 atom stereocenters. The fourth-order valence-electron chi connectivity index (χ4n) is 3.93. The van der Waals surface area contributed by atoms with Crippen molar-refractivity contribution in [3.63, 3.8) is 0 Å². The summed E-state index contributed by atoms with van der Waals surface area (Å²) in [5.41, 5.74) is 1.64. The number of nitrogens with one attached hydrogen (secondary N) is 3. The quantitative estimate of drug-likeness (QED) is 0.648. The molecule has 30 heavy (non-hydrogen) atoms. The molecule has 8 heteroatoms. The molecule has 7 nitrogen and oxygen atoms in total. The van der Waals surface area contributed by atoms with Crippen molar-refractivity contribution < 1.29 is 4.74 Å². The van der Waals surface area contributed by atoms with Crippen molar-refractivity contribution in [2.75, 3.05) is 36.9 Å². The largest absolute Gasteiger partial charge is 0.376 e. The number of pyridine rings is 2. The van der Waals surface area contributed by atoms with E-state index in [1.165, 1.54) is 0 Å². The van der Waals surface area contributed by atoms with Crippen molar-refractivity contribution >= 4 is 23.2 Å². The molecule has 4 rings (SSSR count). The van der Waals surface area contributed by atoms with E-state index in [4.69, 9.17) is 26.6 Å². The Balaban J connectivity index is 1.43. The summed E-state index contributed by atoms with van der Waals surface area (Å²) in [6.07, 6.45) is 5.43. The summed E-state index contributed by atoms with van der Waals surface area (Å²) in [6.45, 7) is 3.30. The minimum absolute atomic E-state index is 0.0270. The lowest BCUT2D eigenvalue weighted by molar-refractivity contribution is 0.0104. The van der Waals surface area contributed by atoms with Crippen LogP contribution in [0.15, 0.2) is 30.5 Å². The summed E-state index contributed by atoms with van der Waals surface area (Å²) in [6, 6.07) is 10.6. The second-order valence-corrected chi connectivity index (χ2v) is 8.26. The first-order valence-electron chi connectivity index (χ1n) is 10.6. The minimum Gasteiger partial charge on any atom is -0.376 e. The van der Waals surface area contributed by atoms with Gasteiger partial charge in [-0.1, -0.05) is 17.7 Å². The van der Waals surface area contributed by atoms with Gasteiger partial charge in [0, 0.05) is 31.0 Å². The van der Waals surface area contributed by atoms with E-state index in [2.05, 4.69) is 27.0 Å².